The molecule has 0 aromatic heterocycles. The minimum atomic E-state index is 0.156. The zero-order valence-electron chi connectivity index (χ0n) is 6.72. The molecule has 1 N–H and O–H groups in total. The van der Waals surface area contributed by atoms with Gasteiger partial charge in [-0.3, -0.25) is 0 Å². The van der Waals surface area contributed by atoms with Crippen molar-refractivity contribution in [3.05, 3.63) is 24.4 Å². The van der Waals surface area contributed by atoms with Gasteiger partial charge in [0.2, 0.25) is 0 Å². The average Bonchev–Trinajstić information content (AvgIpc) is 1.87. The van der Waals surface area contributed by atoms with Crippen LogP contribution >= 0.6 is 0 Å². The quantitative estimate of drug-likeness (QED) is 0.590. The topological polar surface area (TPSA) is 23.5 Å². The number of rotatable bonds is 4. The van der Waals surface area contributed by atoms with E-state index < -0.39 is 0 Å². The van der Waals surface area contributed by atoms with Crippen LogP contribution in [0.3, 0.4) is 0 Å². The largest absolute Gasteiger partial charge is 0.395 e. The molecule has 0 aliphatic rings. The van der Waals surface area contributed by atoms with Crippen LogP contribution in [0.2, 0.25) is 0 Å². The zero-order valence-corrected chi connectivity index (χ0v) is 6.72. The number of hydrogen-bond acceptors (Lipinski definition) is 2. The Hall–Kier alpha value is -0.760. The molecule has 2 heteroatoms. The van der Waals surface area contributed by atoms with E-state index in [1.54, 1.807) is 0 Å². The molecule has 2 nitrogen and oxygen atoms in total. The van der Waals surface area contributed by atoms with Crippen LogP contribution in [0.4, 0.5) is 0 Å². The molecule has 10 heavy (non-hydrogen) atoms. The fourth-order valence-electron chi connectivity index (χ4n) is 0.611. The van der Waals surface area contributed by atoms with Gasteiger partial charge in [-0.15, -0.1) is 0 Å². The van der Waals surface area contributed by atoms with Gasteiger partial charge in [0.1, 0.15) is 0 Å². The molecule has 0 rings (SSSR count). The van der Waals surface area contributed by atoms with Crippen molar-refractivity contribution in [1.29, 1.82) is 0 Å². The Morgan fingerprint density at radius 1 is 1.50 bits per heavy atom. The lowest BCUT2D eigenvalue weighted by Crippen LogP contribution is -2.21. The molecule has 0 saturated heterocycles. The lowest BCUT2D eigenvalue weighted by Gasteiger charge is -2.20. The Balaban J connectivity index is 3.82. The Kier molecular flexibility index (Phi) is 3.81. The highest BCUT2D eigenvalue weighted by Crippen LogP contribution is 2.06. The first-order valence-corrected chi connectivity index (χ1v) is 3.26. The third-order valence-corrected chi connectivity index (χ3v) is 1.39. The molecule has 0 amide bonds. The van der Waals surface area contributed by atoms with Crippen LogP contribution in [0.25, 0.3) is 0 Å². The highest BCUT2D eigenvalue weighted by atomic mass is 16.3. The smallest absolute Gasteiger partial charge is 0.0606 e. The SMILES string of the molecule is C=C(C)C(=C)N(C)CCO. The monoisotopic (exact) mass is 141 g/mol. The van der Waals surface area contributed by atoms with Crippen molar-refractivity contribution in [2.75, 3.05) is 20.2 Å². The molecule has 0 spiro atoms. The lowest BCUT2D eigenvalue weighted by atomic mass is 10.2. The summed E-state index contributed by atoms with van der Waals surface area (Å²) in [5.74, 6) is 0. The van der Waals surface area contributed by atoms with Crippen molar-refractivity contribution in [3.8, 4) is 0 Å². The van der Waals surface area contributed by atoms with Crippen molar-refractivity contribution < 1.29 is 5.11 Å². The second-order valence-corrected chi connectivity index (χ2v) is 2.37. The maximum absolute atomic E-state index is 8.55. The highest BCUT2D eigenvalue weighted by Gasteiger charge is 1.99. The number of nitrogens with zero attached hydrogens (tertiary/aromatic N) is 1. The molecule has 58 valence electrons. The van der Waals surface area contributed by atoms with Crippen LogP contribution in [0.15, 0.2) is 24.4 Å². The second kappa shape index (κ2) is 4.12. The van der Waals surface area contributed by atoms with Crippen LogP contribution in [0.1, 0.15) is 6.92 Å². The standard InChI is InChI=1S/C8H15NO/c1-7(2)8(3)9(4)5-6-10/h10H,1,3,5-6H2,2,4H3. The van der Waals surface area contributed by atoms with Crippen LogP contribution in [0.5, 0.6) is 0 Å². The number of hydrogen-bond donors (Lipinski definition) is 1. The van der Waals surface area contributed by atoms with E-state index in [1.807, 2.05) is 18.9 Å². The van der Waals surface area contributed by atoms with Gasteiger partial charge in [0.15, 0.2) is 0 Å². The van der Waals surface area contributed by atoms with Crippen LogP contribution < -0.4 is 0 Å². The van der Waals surface area contributed by atoms with Crippen molar-refractivity contribution in [3.63, 3.8) is 0 Å². The van der Waals surface area contributed by atoms with Crippen molar-refractivity contribution in [2.45, 2.75) is 6.92 Å². The van der Waals surface area contributed by atoms with E-state index in [2.05, 4.69) is 13.2 Å². The van der Waals surface area contributed by atoms with Gasteiger partial charge in [-0.2, -0.15) is 0 Å². The summed E-state index contributed by atoms with van der Waals surface area (Å²) in [6, 6.07) is 0. The Morgan fingerprint density at radius 2 is 2.00 bits per heavy atom. The molecule has 0 aromatic carbocycles. The fraction of sp³-hybridized carbons (Fsp3) is 0.500. The fourth-order valence-corrected chi connectivity index (χ4v) is 0.611. The van der Waals surface area contributed by atoms with E-state index in [1.165, 1.54) is 0 Å². The summed E-state index contributed by atoms with van der Waals surface area (Å²) in [6.45, 7) is 10.2. The van der Waals surface area contributed by atoms with Gasteiger partial charge in [-0.05, 0) is 12.5 Å². The van der Waals surface area contributed by atoms with E-state index in [9.17, 15) is 0 Å². The molecule has 0 heterocycles. The summed E-state index contributed by atoms with van der Waals surface area (Å²) in [5.41, 5.74) is 1.82. The third-order valence-electron chi connectivity index (χ3n) is 1.39. The molecule has 0 aliphatic heterocycles. The van der Waals surface area contributed by atoms with Gasteiger partial charge in [0, 0.05) is 19.3 Å². The average molecular weight is 141 g/mol. The summed E-state index contributed by atoms with van der Waals surface area (Å²) in [7, 11) is 1.88. The summed E-state index contributed by atoms with van der Waals surface area (Å²) in [5, 5.41) is 8.55. The molecule has 0 aliphatic carbocycles. The van der Waals surface area contributed by atoms with Gasteiger partial charge in [-0.1, -0.05) is 13.2 Å². The van der Waals surface area contributed by atoms with Crippen molar-refractivity contribution >= 4 is 0 Å². The number of aliphatic hydroxyl groups excluding tert-OH is 1. The maximum Gasteiger partial charge on any atom is 0.0606 e. The number of aliphatic hydroxyl groups is 1. The Labute approximate surface area is 62.5 Å². The molecule has 0 unspecified atom stereocenters. The molecule has 0 fully saturated rings. The molecular formula is C8H15NO. The van der Waals surface area contributed by atoms with Crippen molar-refractivity contribution in [2.24, 2.45) is 0 Å². The first kappa shape index (κ1) is 9.24. The summed E-state index contributed by atoms with van der Waals surface area (Å²) < 4.78 is 0. The minimum absolute atomic E-state index is 0.156. The predicted molar refractivity (Wildman–Crippen MR) is 43.7 cm³/mol. The minimum Gasteiger partial charge on any atom is -0.395 e. The first-order valence-electron chi connectivity index (χ1n) is 3.26. The Bertz CT molecular complexity index is 140. The van der Waals surface area contributed by atoms with E-state index in [4.69, 9.17) is 5.11 Å². The molecule has 0 atom stereocenters. The van der Waals surface area contributed by atoms with E-state index in [-0.39, 0.29) is 6.61 Å². The molecule has 0 bridgehead atoms. The van der Waals surface area contributed by atoms with Gasteiger partial charge < -0.3 is 10.0 Å². The second-order valence-electron chi connectivity index (χ2n) is 2.37. The molecule has 0 saturated carbocycles. The Morgan fingerprint density at radius 3 is 2.30 bits per heavy atom. The van der Waals surface area contributed by atoms with Crippen LogP contribution in [-0.4, -0.2) is 30.2 Å². The van der Waals surface area contributed by atoms with Crippen LogP contribution in [-0.2, 0) is 0 Å². The predicted octanol–water partition coefficient (Wildman–Crippen LogP) is 1.00. The van der Waals surface area contributed by atoms with E-state index >= 15 is 0 Å². The molecular weight excluding hydrogens is 126 g/mol. The normalized spacial score (nSPS) is 9.10. The summed E-state index contributed by atoms with van der Waals surface area (Å²) >= 11 is 0. The van der Waals surface area contributed by atoms with Gasteiger partial charge in [0.25, 0.3) is 0 Å². The molecule has 0 radical (unpaired) electrons. The van der Waals surface area contributed by atoms with Gasteiger partial charge in [0.05, 0.1) is 6.61 Å². The summed E-state index contributed by atoms with van der Waals surface area (Å²) in [6.07, 6.45) is 0. The third kappa shape index (κ3) is 2.69. The number of likely N-dealkylation sites (N-methyl/N-ethyl adjacent to an activating group) is 1. The van der Waals surface area contributed by atoms with Gasteiger partial charge >= 0.3 is 0 Å². The first-order chi connectivity index (χ1) is 4.59. The zero-order chi connectivity index (χ0) is 8.15. The summed E-state index contributed by atoms with van der Waals surface area (Å²) in [4.78, 5) is 1.88. The van der Waals surface area contributed by atoms with E-state index in [0.717, 1.165) is 11.3 Å². The highest BCUT2D eigenvalue weighted by molar-refractivity contribution is 5.20. The number of allylic oxidation sites excluding steroid dienone is 1. The van der Waals surface area contributed by atoms with E-state index in [0.29, 0.717) is 6.54 Å². The van der Waals surface area contributed by atoms with Gasteiger partial charge in [-0.25, -0.2) is 0 Å². The van der Waals surface area contributed by atoms with Crippen LogP contribution in [0, 0.1) is 0 Å². The van der Waals surface area contributed by atoms with Crippen molar-refractivity contribution in [1.82, 2.24) is 4.90 Å². The molecule has 0 aromatic rings. The lowest BCUT2D eigenvalue weighted by molar-refractivity contribution is 0.248. The maximum atomic E-state index is 8.55.